The Hall–Kier alpha value is -2.11. The van der Waals surface area contributed by atoms with E-state index in [1.54, 1.807) is 12.1 Å². The van der Waals surface area contributed by atoms with Crippen molar-refractivity contribution in [3.05, 3.63) is 24.0 Å². The first-order chi connectivity index (χ1) is 8.76. The van der Waals surface area contributed by atoms with Crippen molar-refractivity contribution in [3.8, 4) is 0 Å². The van der Waals surface area contributed by atoms with Crippen LogP contribution >= 0.6 is 0 Å². The second-order valence-electron chi connectivity index (χ2n) is 5.48. The predicted molar refractivity (Wildman–Crippen MR) is 72.1 cm³/mol. The lowest BCUT2D eigenvalue weighted by molar-refractivity contribution is -0.136. The van der Waals surface area contributed by atoms with E-state index >= 15 is 0 Å². The van der Waals surface area contributed by atoms with E-state index in [0.717, 1.165) is 0 Å². The van der Waals surface area contributed by atoms with Gasteiger partial charge in [0.1, 0.15) is 0 Å². The fraction of sp³-hybridized carbons (Fsp3) is 0.462. The molecule has 0 atom stereocenters. The predicted octanol–water partition coefficient (Wildman–Crippen LogP) is 1.88. The summed E-state index contributed by atoms with van der Waals surface area (Å²) in [6.07, 6.45) is 1.31. The van der Waals surface area contributed by atoms with Crippen molar-refractivity contribution in [2.24, 2.45) is 5.41 Å². The fourth-order valence-corrected chi connectivity index (χ4v) is 1.28. The molecule has 0 radical (unpaired) electrons. The van der Waals surface area contributed by atoms with Gasteiger partial charge in [0.25, 0.3) is 0 Å². The highest BCUT2D eigenvalue weighted by atomic mass is 16.4. The van der Waals surface area contributed by atoms with Gasteiger partial charge in [0.2, 0.25) is 0 Å². The maximum absolute atomic E-state index is 11.6. The molecular formula is C13H19N3O3. The Labute approximate surface area is 112 Å². The highest BCUT2D eigenvalue weighted by molar-refractivity contribution is 5.89. The van der Waals surface area contributed by atoms with Crippen molar-refractivity contribution >= 4 is 17.7 Å². The van der Waals surface area contributed by atoms with E-state index in [9.17, 15) is 9.59 Å². The molecule has 2 amide bonds. The smallest absolute Gasteiger partial charge is 0.319 e. The van der Waals surface area contributed by atoms with Crippen molar-refractivity contribution < 1.29 is 14.7 Å². The summed E-state index contributed by atoms with van der Waals surface area (Å²) in [6.45, 7) is 6.63. The van der Waals surface area contributed by atoms with Crippen LogP contribution in [0.2, 0.25) is 0 Å². The van der Waals surface area contributed by atoms with E-state index in [-0.39, 0.29) is 17.9 Å². The van der Waals surface area contributed by atoms with Gasteiger partial charge in [0.05, 0.1) is 24.0 Å². The van der Waals surface area contributed by atoms with Crippen molar-refractivity contribution in [3.63, 3.8) is 0 Å². The number of rotatable bonds is 4. The Morgan fingerprint density at radius 2 is 2.00 bits per heavy atom. The van der Waals surface area contributed by atoms with E-state index in [1.165, 1.54) is 6.20 Å². The van der Waals surface area contributed by atoms with Gasteiger partial charge < -0.3 is 15.7 Å². The second-order valence-corrected chi connectivity index (χ2v) is 5.48. The molecule has 1 aromatic heterocycles. The summed E-state index contributed by atoms with van der Waals surface area (Å²) in [6, 6.07) is 2.90. The van der Waals surface area contributed by atoms with E-state index in [4.69, 9.17) is 5.11 Å². The number of aromatic nitrogens is 1. The van der Waals surface area contributed by atoms with E-state index in [1.807, 2.05) is 20.8 Å². The average molecular weight is 265 g/mol. The molecule has 0 aliphatic rings. The number of carbonyl (C=O) groups excluding carboxylic acids is 1. The van der Waals surface area contributed by atoms with E-state index < -0.39 is 5.97 Å². The maximum atomic E-state index is 11.6. The first kappa shape index (κ1) is 14.9. The molecule has 0 bridgehead atoms. The Morgan fingerprint density at radius 3 is 2.47 bits per heavy atom. The van der Waals surface area contributed by atoms with Gasteiger partial charge in [0, 0.05) is 6.54 Å². The zero-order valence-corrected chi connectivity index (χ0v) is 11.4. The minimum atomic E-state index is -0.934. The van der Waals surface area contributed by atoms with Gasteiger partial charge >= 0.3 is 12.0 Å². The zero-order valence-electron chi connectivity index (χ0n) is 11.4. The molecule has 1 rings (SSSR count). The summed E-state index contributed by atoms with van der Waals surface area (Å²) in [5.41, 5.74) is 0.995. The van der Waals surface area contributed by atoms with Crippen LogP contribution in [0.3, 0.4) is 0 Å². The van der Waals surface area contributed by atoms with Crippen LogP contribution < -0.4 is 10.6 Å². The second kappa shape index (κ2) is 6.17. The van der Waals surface area contributed by atoms with Crippen LogP contribution in [0.1, 0.15) is 26.5 Å². The molecule has 0 saturated carbocycles. The number of nitrogens with one attached hydrogen (secondary N) is 2. The SMILES string of the molecule is CC(C)(C)CNC(=O)Nc1ccc(CC(=O)O)nc1. The van der Waals surface area contributed by atoms with Gasteiger partial charge in [-0.2, -0.15) is 0 Å². The third kappa shape index (κ3) is 6.40. The summed E-state index contributed by atoms with van der Waals surface area (Å²) in [5.74, 6) is -0.934. The van der Waals surface area contributed by atoms with Crippen molar-refractivity contribution in [2.45, 2.75) is 27.2 Å². The zero-order chi connectivity index (χ0) is 14.5. The summed E-state index contributed by atoms with van der Waals surface area (Å²) < 4.78 is 0. The molecule has 1 heterocycles. The van der Waals surface area contributed by atoms with Gasteiger partial charge in [-0.1, -0.05) is 20.8 Å². The Kier molecular flexibility index (Phi) is 4.86. The molecule has 3 N–H and O–H groups in total. The van der Waals surface area contributed by atoms with Crippen molar-refractivity contribution in [2.75, 3.05) is 11.9 Å². The Morgan fingerprint density at radius 1 is 1.32 bits per heavy atom. The number of urea groups is 1. The molecular weight excluding hydrogens is 246 g/mol. The van der Waals surface area contributed by atoms with Gasteiger partial charge in [-0.3, -0.25) is 9.78 Å². The third-order valence-corrected chi connectivity index (χ3v) is 2.19. The number of carbonyl (C=O) groups is 2. The van der Waals surface area contributed by atoms with Crippen LogP contribution in [0.25, 0.3) is 0 Å². The highest BCUT2D eigenvalue weighted by Gasteiger charge is 2.11. The monoisotopic (exact) mass is 265 g/mol. The number of pyridine rings is 1. The molecule has 104 valence electrons. The van der Waals surface area contributed by atoms with Crippen LogP contribution in [-0.2, 0) is 11.2 Å². The quantitative estimate of drug-likeness (QED) is 0.775. The Bertz CT molecular complexity index is 449. The summed E-state index contributed by atoms with van der Waals surface area (Å²) in [7, 11) is 0. The number of nitrogens with zero attached hydrogens (tertiary/aromatic N) is 1. The maximum Gasteiger partial charge on any atom is 0.319 e. The van der Waals surface area contributed by atoms with Crippen LogP contribution in [-0.4, -0.2) is 28.6 Å². The first-order valence-electron chi connectivity index (χ1n) is 5.98. The van der Waals surface area contributed by atoms with Gasteiger partial charge in [-0.25, -0.2) is 4.79 Å². The Balaban J connectivity index is 2.49. The molecule has 0 saturated heterocycles. The topological polar surface area (TPSA) is 91.3 Å². The molecule has 0 fully saturated rings. The van der Waals surface area contributed by atoms with Crippen LogP contribution in [0.15, 0.2) is 18.3 Å². The molecule has 1 aromatic rings. The van der Waals surface area contributed by atoms with Gasteiger partial charge in [0.15, 0.2) is 0 Å². The lowest BCUT2D eigenvalue weighted by atomic mass is 9.97. The van der Waals surface area contributed by atoms with Crippen molar-refractivity contribution in [1.29, 1.82) is 0 Å². The molecule has 0 aliphatic carbocycles. The lowest BCUT2D eigenvalue weighted by Crippen LogP contribution is -2.35. The first-order valence-corrected chi connectivity index (χ1v) is 5.98. The summed E-state index contributed by atoms with van der Waals surface area (Å²) in [4.78, 5) is 26.0. The van der Waals surface area contributed by atoms with E-state index in [2.05, 4.69) is 15.6 Å². The number of amides is 2. The lowest BCUT2D eigenvalue weighted by Gasteiger charge is -2.18. The third-order valence-electron chi connectivity index (χ3n) is 2.19. The normalized spacial score (nSPS) is 10.9. The van der Waals surface area contributed by atoms with Crippen LogP contribution in [0.4, 0.5) is 10.5 Å². The molecule has 6 nitrogen and oxygen atoms in total. The fourth-order valence-electron chi connectivity index (χ4n) is 1.28. The summed E-state index contributed by atoms with van der Waals surface area (Å²) in [5, 5.41) is 14.0. The molecule has 0 aromatic carbocycles. The summed E-state index contributed by atoms with van der Waals surface area (Å²) >= 11 is 0. The van der Waals surface area contributed by atoms with Crippen LogP contribution in [0.5, 0.6) is 0 Å². The minimum absolute atomic E-state index is 0.0148. The number of hydrogen-bond acceptors (Lipinski definition) is 3. The van der Waals surface area contributed by atoms with Gasteiger partial charge in [-0.05, 0) is 17.5 Å². The molecule has 6 heteroatoms. The van der Waals surface area contributed by atoms with Crippen LogP contribution in [0, 0.1) is 5.41 Å². The minimum Gasteiger partial charge on any atom is -0.481 e. The largest absolute Gasteiger partial charge is 0.481 e. The van der Waals surface area contributed by atoms with Crippen molar-refractivity contribution in [1.82, 2.24) is 10.3 Å². The number of aliphatic carboxylic acids is 1. The number of carboxylic acids is 1. The molecule has 0 unspecified atom stereocenters. The number of carboxylic acid groups (broad SMARTS) is 1. The highest BCUT2D eigenvalue weighted by Crippen LogP contribution is 2.11. The standard InChI is InChI=1S/C13H19N3O3/c1-13(2,3)8-15-12(19)16-10-5-4-9(14-7-10)6-11(17)18/h4-5,7H,6,8H2,1-3H3,(H,17,18)(H2,15,16,19). The number of hydrogen-bond donors (Lipinski definition) is 3. The van der Waals surface area contributed by atoms with E-state index in [0.29, 0.717) is 17.9 Å². The van der Waals surface area contributed by atoms with Gasteiger partial charge in [-0.15, -0.1) is 0 Å². The molecule has 19 heavy (non-hydrogen) atoms. The number of anilines is 1. The molecule has 0 spiro atoms. The molecule has 0 aliphatic heterocycles. The average Bonchev–Trinajstić information content (AvgIpc) is 2.28.